The van der Waals surface area contributed by atoms with Crippen molar-refractivity contribution >= 4 is 19.7 Å². The van der Waals surface area contributed by atoms with Crippen LogP contribution in [0.5, 0.6) is 0 Å². The van der Waals surface area contributed by atoms with Crippen LogP contribution in [0.15, 0.2) is 29.2 Å². The summed E-state index contributed by atoms with van der Waals surface area (Å²) >= 11 is 0. The Balaban J connectivity index is 2.16. The topological polar surface area (TPSA) is 34.1 Å². The number of halogens is 1. The van der Waals surface area contributed by atoms with E-state index in [-0.39, 0.29) is 4.90 Å². The van der Waals surface area contributed by atoms with Crippen LogP contribution >= 0.6 is 10.7 Å². The summed E-state index contributed by atoms with van der Waals surface area (Å²) in [5, 5.41) is 0. The zero-order valence-corrected chi connectivity index (χ0v) is 15.3. The predicted molar refractivity (Wildman–Crippen MR) is 95.0 cm³/mol. The Hall–Kier alpha value is -0.540. The zero-order valence-electron chi connectivity index (χ0n) is 13.7. The Kier molecular flexibility index (Phi) is 9.81. The quantitative estimate of drug-likeness (QED) is 0.340. The lowest BCUT2D eigenvalue weighted by Gasteiger charge is -2.06. The third-order valence-corrected chi connectivity index (χ3v) is 5.46. The summed E-state index contributed by atoms with van der Waals surface area (Å²) in [7, 11) is 1.85. The molecule has 1 aromatic rings. The summed E-state index contributed by atoms with van der Waals surface area (Å²) in [6.45, 7) is 2.24. The zero-order chi connectivity index (χ0) is 16.3. The maximum Gasteiger partial charge on any atom is 0.261 e. The molecular formula is C18H29ClO2S. The molecule has 1 aromatic carbocycles. The first kappa shape index (κ1) is 19.5. The fraction of sp³-hybridized carbons (Fsp3) is 0.667. The second-order valence-corrected chi connectivity index (χ2v) is 8.51. The van der Waals surface area contributed by atoms with Gasteiger partial charge in [-0.3, -0.25) is 0 Å². The van der Waals surface area contributed by atoms with Crippen LogP contribution in [0.3, 0.4) is 0 Å². The maximum atomic E-state index is 11.5. The van der Waals surface area contributed by atoms with Crippen LogP contribution in [0.4, 0.5) is 0 Å². The molecule has 0 unspecified atom stereocenters. The molecule has 0 atom stereocenters. The minimum atomic E-state index is -3.62. The predicted octanol–water partition coefficient (Wildman–Crippen LogP) is 6.08. The van der Waals surface area contributed by atoms with Gasteiger partial charge in [0, 0.05) is 10.7 Å². The highest BCUT2D eigenvalue weighted by Crippen LogP contribution is 2.22. The highest BCUT2D eigenvalue weighted by molar-refractivity contribution is 8.13. The van der Waals surface area contributed by atoms with Crippen LogP contribution < -0.4 is 0 Å². The van der Waals surface area contributed by atoms with E-state index in [0.717, 1.165) is 24.8 Å². The van der Waals surface area contributed by atoms with Gasteiger partial charge in [-0.15, -0.1) is 0 Å². The molecule has 0 saturated heterocycles. The molecule has 0 N–H and O–H groups in total. The molecule has 0 amide bonds. The molecule has 0 aliphatic rings. The molecule has 0 radical (unpaired) electrons. The summed E-state index contributed by atoms with van der Waals surface area (Å²) in [5.41, 5.74) is 0.845. The molecule has 126 valence electrons. The molecule has 2 nitrogen and oxygen atoms in total. The van der Waals surface area contributed by atoms with Gasteiger partial charge in [-0.2, -0.15) is 0 Å². The third-order valence-electron chi connectivity index (χ3n) is 4.03. The third kappa shape index (κ3) is 8.19. The molecule has 0 heterocycles. The van der Waals surface area contributed by atoms with Crippen LogP contribution in [0.2, 0.25) is 0 Å². The second kappa shape index (κ2) is 11.1. The number of rotatable bonds is 12. The Bertz CT molecular complexity index is 512. The minimum absolute atomic E-state index is 0.271. The van der Waals surface area contributed by atoms with Crippen molar-refractivity contribution in [1.29, 1.82) is 0 Å². The molecule has 0 aliphatic heterocycles. The Morgan fingerprint density at radius 1 is 0.818 bits per heavy atom. The normalized spacial score (nSPS) is 11.7. The van der Waals surface area contributed by atoms with Crippen molar-refractivity contribution in [2.24, 2.45) is 0 Å². The summed E-state index contributed by atoms with van der Waals surface area (Å²) in [6.07, 6.45) is 13.6. The fourth-order valence-electron chi connectivity index (χ4n) is 2.75. The lowest BCUT2D eigenvalue weighted by Crippen LogP contribution is -1.98. The van der Waals surface area contributed by atoms with Crippen molar-refractivity contribution in [3.63, 3.8) is 0 Å². The molecule has 0 fully saturated rings. The largest absolute Gasteiger partial charge is 0.261 e. The summed E-state index contributed by atoms with van der Waals surface area (Å²) < 4.78 is 23.0. The smallest absolute Gasteiger partial charge is 0.207 e. The molecule has 0 aromatic heterocycles. The SMILES string of the molecule is CCCCCCCCCCCCc1ccccc1S(=O)(=O)Cl. The highest BCUT2D eigenvalue weighted by atomic mass is 35.7. The number of unbranched alkanes of at least 4 members (excludes halogenated alkanes) is 9. The van der Waals surface area contributed by atoms with Crippen molar-refractivity contribution < 1.29 is 8.42 Å². The van der Waals surface area contributed by atoms with Gasteiger partial charge in [-0.25, -0.2) is 8.42 Å². The molecule has 22 heavy (non-hydrogen) atoms. The van der Waals surface area contributed by atoms with E-state index in [1.54, 1.807) is 12.1 Å². The number of aryl methyl sites for hydroxylation is 1. The molecule has 0 spiro atoms. The molecule has 0 bridgehead atoms. The average molecular weight is 345 g/mol. The molecule has 4 heteroatoms. The Labute approximate surface area is 140 Å². The van der Waals surface area contributed by atoms with Gasteiger partial charge < -0.3 is 0 Å². The first-order chi connectivity index (χ1) is 10.6. The van der Waals surface area contributed by atoms with Gasteiger partial charge in [0.15, 0.2) is 0 Å². The Morgan fingerprint density at radius 2 is 1.32 bits per heavy atom. The van der Waals surface area contributed by atoms with Crippen LogP contribution in [0.25, 0.3) is 0 Å². The van der Waals surface area contributed by atoms with Crippen molar-refractivity contribution in [1.82, 2.24) is 0 Å². The first-order valence-corrected chi connectivity index (χ1v) is 10.9. The summed E-state index contributed by atoms with van der Waals surface area (Å²) in [6, 6.07) is 7.05. The monoisotopic (exact) mass is 344 g/mol. The lowest BCUT2D eigenvalue weighted by atomic mass is 10.0. The number of benzene rings is 1. The molecule has 0 aliphatic carbocycles. The van der Waals surface area contributed by atoms with Crippen molar-refractivity contribution in [3.8, 4) is 0 Å². The summed E-state index contributed by atoms with van der Waals surface area (Å²) in [5.74, 6) is 0. The van der Waals surface area contributed by atoms with E-state index < -0.39 is 9.05 Å². The van der Waals surface area contributed by atoms with Crippen LogP contribution in [0, 0.1) is 0 Å². The average Bonchev–Trinajstić information content (AvgIpc) is 2.48. The van der Waals surface area contributed by atoms with Gasteiger partial charge in [0.25, 0.3) is 9.05 Å². The molecule has 1 rings (SSSR count). The van der Waals surface area contributed by atoms with E-state index in [1.807, 2.05) is 12.1 Å². The standard InChI is InChI=1S/C18H29ClO2S/c1-2-3-4-5-6-7-8-9-10-11-14-17-15-12-13-16-18(17)22(19,20)21/h12-13,15-16H,2-11,14H2,1H3. The molecule has 0 saturated carbocycles. The van der Waals surface area contributed by atoms with E-state index in [9.17, 15) is 8.42 Å². The van der Waals surface area contributed by atoms with Crippen molar-refractivity contribution in [2.45, 2.75) is 82.4 Å². The fourth-order valence-corrected chi connectivity index (χ4v) is 3.93. The number of hydrogen-bond donors (Lipinski definition) is 0. The van der Waals surface area contributed by atoms with Crippen LogP contribution in [-0.2, 0) is 15.5 Å². The van der Waals surface area contributed by atoms with Crippen LogP contribution in [0.1, 0.15) is 76.7 Å². The lowest BCUT2D eigenvalue weighted by molar-refractivity contribution is 0.555. The van der Waals surface area contributed by atoms with Gasteiger partial charge >= 0.3 is 0 Å². The van der Waals surface area contributed by atoms with E-state index in [4.69, 9.17) is 10.7 Å². The van der Waals surface area contributed by atoms with E-state index >= 15 is 0 Å². The van der Waals surface area contributed by atoms with Gasteiger partial charge in [0.05, 0.1) is 4.90 Å². The first-order valence-electron chi connectivity index (χ1n) is 8.58. The van der Waals surface area contributed by atoms with Crippen molar-refractivity contribution in [3.05, 3.63) is 29.8 Å². The van der Waals surface area contributed by atoms with E-state index in [1.165, 1.54) is 51.4 Å². The number of hydrogen-bond acceptors (Lipinski definition) is 2. The van der Waals surface area contributed by atoms with Gasteiger partial charge in [-0.1, -0.05) is 82.9 Å². The van der Waals surface area contributed by atoms with Gasteiger partial charge in [-0.05, 0) is 24.5 Å². The highest BCUT2D eigenvalue weighted by Gasteiger charge is 2.14. The van der Waals surface area contributed by atoms with Gasteiger partial charge in [0.2, 0.25) is 0 Å². The van der Waals surface area contributed by atoms with E-state index in [0.29, 0.717) is 0 Å². The second-order valence-electron chi connectivity index (χ2n) is 5.98. The minimum Gasteiger partial charge on any atom is -0.207 e. The van der Waals surface area contributed by atoms with Crippen molar-refractivity contribution in [2.75, 3.05) is 0 Å². The van der Waals surface area contributed by atoms with Gasteiger partial charge in [0.1, 0.15) is 0 Å². The van der Waals surface area contributed by atoms with Crippen LogP contribution in [-0.4, -0.2) is 8.42 Å². The molecular weight excluding hydrogens is 316 g/mol. The van der Waals surface area contributed by atoms with E-state index in [2.05, 4.69) is 6.92 Å². The maximum absolute atomic E-state index is 11.5. The Morgan fingerprint density at radius 3 is 1.86 bits per heavy atom. The summed E-state index contributed by atoms with van der Waals surface area (Å²) in [4.78, 5) is 0.271.